The summed E-state index contributed by atoms with van der Waals surface area (Å²) in [5.74, 6) is 6.72. The third-order valence-corrected chi connectivity index (χ3v) is 4.87. The van der Waals surface area contributed by atoms with Crippen LogP contribution in [0.3, 0.4) is 0 Å². The lowest BCUT2D eigenvalue weighted by atomic mass is 9.80. The van der Waals surface area contributed by atoms with Crippen molar-refractivity contribution < 1.29 is 4.74 Å². The van der Waals surface area contributed by atoms with Crippen LogP contribution in [0.4, 0.5) is 0 Å². The summed E-state index contributed by atoms with van der Waals surface area (Å²) in [5, 5.41) is 0.713. The number of hydrazine groups is 1. The number of likely N-dealkylation sites (N-methyl/N-ethyl adjacent to an activating group) is 1. The van der Waals surface area contributed by atoms with E-state index in [0.29, 0.717) is 5.02 Å². The first-order valence-electron chi connectivity index (χ1n) is 7.41. The Balaban J connectivity index is 3.14. The van der Waals surface area contributed by atoms with Gasteiger partial charge in [-0.2, -0.15) is 0 Å². The average Bonchev–Trinajstić information content (AvgIpc) is 2.47. The Hall–Kier alpha value is -0.810. The Morgan fingerprint density at radius 2 is 1.95 bits per heavy atom. The smallest absolute Gasteiger partial charge is 0.122 e. The van der Waals surface area contributed by atoms with Crippen molar-refractivity contribution in [3.8, 4) is 5.75 Å². The summed E-state index contributed by atoms with van der Waals surface area (Å²) in [5.41, 5.74) is 4.06. The molecule has 0 aliphatic rings. The molecule has 1 aromatic rings. The number of halogens is 1. The predicted octanol–water partition coefficient (Wildman–Crippen LogP) is 2.84. The van der Waals surface area contributed by atoms with Crippen LogP contribution >= 0.6 is 11.6 Å². The average molecular weight is 314 g/mol. The number of nitrogens with one attached hydrogen (secondary N) is 1. The van der Waals surface area contributed by atoms with Crippen LogP contribution in [-0.4, -0.2) is 37.7 Å². The maximum atomic E-state index is 6.13. The molecule has 4 nitrogen and oxygen atoms in total. The molecule has 120 valence electrons. The normalized spacial score (nSPS) is 13.5. The first-order valence-corrected chi connectivity index (χ1v) is 7.78. The van der Waals surface area contributed by atoms with E-state index in [1.807, 2.05) is 18.2 Å². The molecule has 0 fully saturated rings. The topological polar surface area (TPSA) is 50.5 Å². The highest BCUT2D eigenvalue weighted by Crippen LogP contribution is 2.31. The zero-order chi connectivity index (χ0) is 16.0. The highest BCUT2D eigenvalue weighted by atomic mass is 35.5. The second-order valence-corrected chi connectivity index (χ2v) is 6.02. The molecule has 1 aromatic carbocycles. The summed E-state index contributed by atoms with van der Waals surface area (Å²) >= 11 is 6.13. The van der Waals surface area contributed by atoms with Gasteiger partial charge in [-0.05, 0) is 57.1 Å². The molecular weight excluding hydrogens is 286 g/mol. The van der Waals surface area contributed by atoms with Crippen LogP contribution in [0.15, 0.2) is 18.2 Å². The summed E-state index contributed by atoms with van der Waals surface area (Å²) < 4.78 is 5.45. The Bertz CT molecular complexity index is 447. The zero-order valence-corrected chi connectivity index (χ0v) is 14.5. The van der Waals surface area contributed by atoms with E-state index in [1.54, 1.807) is 7.11 Å². The summed E-state index contributed by atoms with van der Waals surface area (Å²) in [6, 6.07) is 5.81. The Morgan fingerprint density at radius 1 is 1.33 bits per heavy atom. The first kappa shape index (κ1) is 18.2. The molecule has 21 heavy (non-hydrogen) atoms. The number of benzene rings is 1. The SMILES string of the molecule is CCC(CC)(C(Cc1cc(Cl)ccc1OC)NN)N(C)C. The Morgan fingerprint density at radius 3 is 2.38 bits per heavy atom. The third-order valence-electron chi connectivity index (χ3n) is 4.63. The lowest BCUT2D eigenvalue weighted by Gasteiger charge is -2.45. The molecule has 3 N–H and O–H groups in total. The number of ether oxygens (including phenoxy) is 1. The lowest BCUT2D eigenvalue weighted by molar-refractivity contribution is 0.0879. The van der Waals surface area contributed by atoms with Crippen molar-refractivity contribution in [3.63, 3.8) is 0 Å². The predicted molar refractivity (Wildman–Crippen MR) is 89.8 cm³/mol. The van der Waals surface area contributed by atoms with E-state index in [2.05, 4.69) is 38.3 Å². The summed E-state index contributed by atoms with van der Waals surface area (Å²) in [7, 11) is 5.88. The van der Waals surface area contributed by atoms with Crippen LogP contribution in [0.1, 0.15) is 32.3 Å². The summed E-state index contributed by atoms with van der Waals surface area (Å²) in [6.45, 7) is 4.39. The Labute approximate surface area is 133 Å². The van der Waals surface area contributed by atoms with Gasteiger partial charge in [0, 0.05) is 16.6 Å². The number of hydrogen-bond acceptors (Lipinski definition) is 4. The van der Waals surface area contributed by atoms with Crippen molar-refractivity contribution in [2.24, 2.45) is 5.84 Å². The lowest BCUT2D eigenvalue weighted by Crippen LogP contribution is -2.61. The van der Waals surface area contributed by atoms with Gasteiger partial charge in [0.25, 0.3) is 0 Å². The van der Waals surface area contributed by atoms with Crippen molar-refractivity contribution in [3.05, 3.63) is 28.8 Å². The van der Waals surface area contributed by atoms with Gasteiger partial charge < -0.3 is 9.64 Å². The van der Waals surface area contributed by atoms with E-state index >= 15 is 0 Å². The fourth-order valence-electron chi connectivity index (χ4n) is 3.22. The van der Waals surface area contributed by atoms with Crippen molar-refractivity contribution in [2.75, 3.05) is 21.2 Å². The Kier molecular flexibility index (Phi) is 6.94. The molecule has 0 saturated heterocycles. The molecule has 5 heteroatoms. The molecule has 0 heterocycles. The molecule has 1 unspecified atom stereocenters. The van der Waals surface area contributed by atoms with Gasteiger partial charge in [-0.15, -0.1) is 0 Å². The van der Waals surface area contributed by atoms with Crippen LogP contribution in [0.2, 0.25) is 5.02 Å². The van der Waals surface area contributed by atoms with E-state index in [1.165, 1.54) is 0 Å². The molecule has 1 atom stereocenters. The van der Waals surface area contributed by atoms with Gasteiger partial charge in [-0.25, -0.2) is 0 Å². The minimum atomic E-state index is -0.0118. The monoisotopic (exact) mass is 313 g/mol. The molecule has 0 saturated carbocycles. The van der Waals surface area contributed by atoms with Gasteiger partial charge in [0.15, 0.2) is 0 Å². The van der Waals surface area contributed by atoms with Gasteiger partial charge in [-0.3, -0.25) is 11.3 Å². The maximum absolute atomic E-state index is 6.13. The van der Waals surface area contributed by atoms with Gasteiger partial charge in [0.1, 0.15) is 5.75 Å². The summed E-state index contributed by atoms with van der Waals surface area (Å²) in [6.07, 6.45) is 2.78. The van der Waals surface area contributed by atoms with Gasteiger partial charge >= 0.3 is 0 Å². The molecule has 0 spiro atoms. The molecule has 1 rings (SSSR count). The molecule has 0 aliphatic carbocycles. The zero-order valence-electron chi connectivity index (χ0n) is 13.7. The van der Waals surface area contributed by atoms with Crippen molar-refractivity contribution in [1.29, 1.82) is 0 Å². The van der Waals surface area contributed by atoms with E-state index < -0.39 is 0 Å². The second-order valence-electron chi connectivity index (χ2n) is 5.58. The maximum Gasteiger partial charge on any atom is 0.122 e. The number of methoxy groups -OCH3 is 1. The molecule has 0 radical (unpaired) electrons. The van der Waals surface area contributed by atoms with E-state index in [9.17, 15) is 0 Å². The molecule has 0 aliphatic heterocycles. The number of nitrogens with two attached hydrogens (primary N) is 1. The second kappa shape index (κ2) is 7.99. The first-order chi connectivity index (χ1) is 9.94. The van der Waals surface area contributed by atoms with Crippen LogP contribution in [0.5, 0.6) is 5.75 Å². The summed E-state index contributed by atoms with van der Waals surface area (Å²) in [4.78, 5) is 2.26. The van der Waals surface area contributed by atoms with Gasteiger partial charge in [0.05, 0.1) is 7.11 Å². The minimum Gasteiger partial charge on any atom is -0.496 e. The number of rotatable bonds is 8. The third kappa shape index (κ3) is 3.89. The fraction of sp³-hybridized carbons (Fsp3) is 0.625. The highest BCUT2D eigenvalue weighted by molar-refractivity contribution is 6.30. The molecular formula is C16H28ClN3O. The van der Waals surface area contributed by atoms with Gasteiger partial charge in [-0.1, -0.05) is 25.4 Å². The molecule has 0 bridgehead atoms. The van der Waals surface area contributed by atoms with E-state index in [0.717, 1.165) is 30.6 Å². The van der Waals surface area contributed by atoms with Gasteiger partial charge in [0.2, 0.25) is 0 Å². The van der Waals surface area contributed by atoms with Crippen molar-refractivity contribution >= 4 is 11.6 Å². The van der Waals surface area contributed by atoms with E-state index in [4.69, 9.17) is 22.2 Å². The van der Waals surface area contributed by atoms with Crippen molar-refractivity contribution in [1.82, 2.24) is 10.3 Å². The minimum absolute atomic E-state index is 0.0118. The standard InChI is InChI=1S/C16H28ClN3O/c1-6-16(7-2,20(3)4)15(19-18)11-12-10-13(17)8-9-14(12)21-5/h8-10,15,19H,6-7,11,18H2,1-5H3. The number of hydrogen-bond donors (Lipinski definition) is 2. The largest absolute Gasteiger partial charge is 0.496 e. The molecule has 0 aromatic heterocycles. The molecule has 0 amide bonds. The fourth-order valence-corrected chi connectivity index (χ4v) is 3.41. The number of nitrogens with zero attached hydrogens (tertiary/aromatic N) is 1. The van der Waals surface area contributed by atoms with Crippen molar-refractivity contribution in [2.45, 2.75) is 44.7 Å². The highest BCUT2D eigenvalue weighted by Gasteiger charge is 2.37. The van der Waals surface area contributed by atoms with Crippen LogP contribution < -0.4 is 16.0 Å². The van der Waals surface area contributed by atoms with Crippen LogP contribution in [0, 0.1) is 0 Å². The van der Waals surface area contributed by atoms with Crippen LogP contribution in [0.25, 0.3) is 0 Å². The van der Waals surface area contributed by atoms with E-state index in [-0.39, 0.29) is 11.6 Å². The van der Waals surface area contributed by atoms with Crippen LogP contribution in [-0.2, 0) is 6.42 Å². The quantitative estimate of drug-likeness (QED) is 0.572.